The van der Waals surface area contributed by atoms with Crippen LogP contribution in [0.25, 0.3) is 0 Å². The Balaban J connectivity index is 1.92. The minimum absolute atomic E-state index is 0.502. The number of ether oxygens (including phenoxy) is 2. The van der Waals surface area contributed by atoms with Crippen LogP contribution in [0.4, 0.5) is 0 Å². The van der Waals surface area contributed by atoms with Crippen LogP contribution in [-0.2, 0) is 9.47 Å². The Morgan fingerprint density at radius 2 is 1.88 bits per heavy atom. The number of methoxy groups -OCH3 is 1. The molecule has 3 heteroatoms. The van der Waals surface area contributed by atoms with Gasteiger partial charge in [0.2, 0.25) is 0 Å². The van der Waals surface area contributed by atoms with Crippen molar-refractivity contribution < 1.29 is 9.47 Å². The fourth-order valence-corrected chi connectivity index (χ4v) is 2.41. The highest BCUT2D eigenvalue weighted by Crippen LogP contribution is 2.30. The lowest BCUT2D eigenvalue weighted by Crippen LogP contribution is -2.29. The maximum Gasteiger partial charge on any atom is 0.0594 e. The van der Waals surface area contributed by atoms with Crippen molar-refractivity contribution in [3.63, 3.8) is 0 Å². The third-order valence-corrected chi connectivity index (χ3v) is 3.88. The van der Waals surface area contributed by atoms with E-state index in [1.807, 2.05) is 0 Å². The third kappa shape index (κ3) is 6.39. The summed E-state index contributed by atoms with van der Waals surface area (Å²) in [6, 6.07) is 0. The topological polar surface area (TPSA) is 30.5 Å². The number of hydrogen-bond acceptors (Lipinski definition) is 3. The molecule has 0 aromatic rings. The second kappa shape index (κ2) is 8.90. The SMILES string of the molecule is COCCCNCCOC1CCC(C)C(C)C1. The molecule has 0 bridgehead atoms. The van der Waals surface area contributed by atoms with Gasteiger partial charge in [-0.3, -0.25) is 0 Å². The summed E-state index contributed by atoms with van der Waals surface area (Å²) in [5, 5.41) is 3.37. The van der Waals surface area contributed by atoms with Gasteiger partial charge in [-0.25, -0.2) is 0 Å². The first-order valence-electron chi connectivity index (χ1n) is 7.05. The fourth-order valence-electron chi connectivity index (χ4n) is 2.41. The van der Waals surface area contributed by atoms with Gasteiger partial charge in [0.15, 0.2) is 0 Å². The highest BCUT2D eigenvalue weighted by Gasteiger charge is 2.24. The summed E-state index contributed by atoms with van der Waals surface area (Å²) in [5.74, 6) is 1.70. The van der Waals surface area contributed by atoms with E-state index >= 15 is 0 Å². The van der Waals surface area contributed by atoms with Gasteiger partial charge in [0, 0.05) is 20.3 Å². The normalized spacial score (nSPS) is 29.5. The maximum atomic E-state index is 5.91. The van der Waals surface area contributed by atoms with Gasteiger partial charge in [-0.05, 0) is 44.1 Å². The van der Waals surface area contributed by atoms with Crippen molar-refractivity contribution in [2.24, 2.45) is 11.8 Å². The molecule has 0 saturated heterocycles. The van der Waals surface area contributed by atoms with Gasteiger partial charge in [-0.15, -0.1) is 0 Å². The highest BCUT2D eigenvalue weighted by molar-refractivity contribution is 4.75. The van der Waals surface area contributed by atoms with Crippen LogP contribution in [-0.4, -0.2) is 39.5 Å². The Labute approximate surface area is 106 Å². The van der Waals surface area contributed by atoms with Crippen molar-refractivity contribution in [3.8, 4) is 0 Å². The van der Waals surface area contributed by atoms with E-state index in [1.54, 1.807) is 7.11 Å². The van der Waals surface area contributed by atoms with Crippen LogP contribution in [0.15, 0.2) is 0 Å². The molecule has 17 heavy (non-hydrogen) atoms. The monoisotopic (exact) mass is 243 g/mol. The van der Waals surface area contributed by atoms with Crippen LogP contribution in [0.2, 0.25) is 0 Å². The van der Waals surface area contributed by atoms with Gasteiger partial charge < -0.3 is 14.8 Å². The molecule has 0 amide bonds. The minimum Gasteiger partial charge on any atom is -0.385 e. The van der Waals surface area contributed by atoms with E-state index in [0.717, 1.165) is 44.6 Å². The highest BCUT2D eigenvalue weighted by atomic mass is 16.5. The lowest BCUT2D eigenvalue weighted by atomic mass is 9.80. The van der Waals surface area contributed by atoms with E-state index in [2.05, 4.69) is 19.2 Å². The molecule has 102 valence electrons. The van der Waals surface area contributed by atoms with Crippen molar-refractivity contribution in [3.05, 3.63) is 0 Å². The Morgan fingerprint density at radius 3 is 2.59 bits per heavy atom. The molecule has 3 unspecified atom stereocenters. The molecule has 3 nitrogen and oxygen atoms in total. The van der Waals surface area contributed by atoms with Gasteiger partial charge in [-0.1, -0.05) is 13.8 Å². The van der Waals surface area contributed by atoms with Crippen molar-refractivity contribution in [2.45, 2.75) is 45.6 Å². The van der Waals surface area contributed by atoms with E-state index in [4.69, 9.17) is 9.47 Å². The molecule has 3 atom stereocenters. The summed E-state index contributed by atoms with van der Waals surface area (Å²) in [6.07, 6.45) is 5.39. The third-order valence-electron chi connectivity index (χ3n) is 3.88. The lowest BCUT2D eigenvalue weighted by molar-refractivity contribution is 0.00426. The van der Waals surface area contributed by atoms with Crippen molar-refractivity contribution >= 4 is 0 Å². The molecule has 0 heterocycles. The first-order valence-corrected chi connectivity index (χ1v) is 7.05. The fraction of sp³-hybridized carbons (Fsp3) is 1.00. The number of nitrogens with one attached hydrogen (secondary N) is 1. The maximum absolute atomic E-state index is 5.91. The Bertz CT molecular complexity index is 187. The standard InChI is InChI=1S/C14H29NO2/c1-12-5-6-14(11-13(12)2)17-10-8-15-7-4-9-16-3/h12-15H,4-11H2,1-3H3. The van der Waals surface area contributed by atoms with Crippen molar-refractivity contribution in [1.82, 2.24) is 5.32 Å². The number of rotatable bonds is 8. The quantitative estimate of drug-likeness (QED) is 0.664. The molecular formula is C14H29NO2. The second-order valence-corrected chi connectivity index (χ2v) is 5.36. The van der Waals surface area contributed by atoms with Crippen LogP contribution in [0.5, 0.6) is 0 Å². The predicted molar refractivity (Wildman–Crippen MR) is 71.3 cm³/mol. The summed E-state index contributed by atoms with van der Waals surface area (Å²) in [7, 11) is 1.74. The second-order valence-electron chi connectivity index (χ2n) is 5.36. The smallest absolute Gasteiger partial charge is 0.0594 e. The molecule has 1 fully saturated rings. The van der Waals surface area contributed by atoms with Gasteiger partial charge in [0.1, 0.15) is 0 Å². The van der Waals surface area contributed by atoms with Crippen LogP contribution in [0, 0.1) is 11.8 Å². The zero-order valence-corrected chi connectivity index (χ0v) is 11.7. The molecule has 0 aromatic carbocycles. The van der Waals surface area contributed by atoms with Gasteiger partial charge in [0.05, 0.1) is 12.7 Å². The van der Waals surface area contributed by atoms with Gasteiger partial charge in [-0.2, -0.15) is 0 Å². The predicted octanol–water partition coefficient (Wildman–Crippen LogP) is 2.45. The zero-order valence-electron chi connectivity index (χ0n) is 11.7. The van der Waals surface area contributed by atoms with E-state index in [9.17, 15) is 0 Å². The summed E-state index contributed by atoms with van der Waals surface area (Å²) >= 11 is 0. The molecule has 1 N–H and O–H groups in total. The Hall–Kier alpha value is -0.120. The molecule has 1 rings (SSSR count). The first-order chi connectivity index (χ1) is 8.24. The molecule has 1 aliphatic carbocycles. The van der Waals surface area contributed by atoms with Crippen LogP contribution in [0.3, 0.4) is 0 Å². The summed E-state index contributed by atoms with van der Waals surface area (Å²) < 4.78 is 10.9. The number of hydrogen-bond donors (Lipinski definition) is 1. The van der Waals surface area contributed by atoms with Crippen LogP contribution < -0.4 is 5.32 Å². The van der Waals surface area contributed by atoms with Crippen LogP contribution >= 0.6 is 0 Å². The van der Waals surface area contributed by atoms with E-state index in [1.165, 1.54) is 19.3 Å². The first kappa shape index (κ1) is 14.9. The van der Waals surface area contributed by atoms with Crippen molar-refractivity contribution in [1.29, 1.82) is 0 Å². The van der Waals surface area contributed by atoms with Gasteiger partial charge >= 0.3 is 0 Å². The lowest BCUT2D eigenvalue weighted by Gasteiger charge is -2.32. The van der Waals surface area contributed by atoms with Crippen molar-refractivity contribution in [2.75, 3.05) is 33.4 Å². The summed E-state index contributed by atoms with van der Waals surface area (Å²) in [6.45, 7) is 8.38. The average molecular weight is 243 g/mol. The Kier molecular flexibility index (Phi) is 7.82. The van der Waals surface area contributed by atoms with Crippen LogP contribution in [0.1, 0.15) is 39.5 Å². The molecule has 0 radical (unpaired) electrons. The summed E-state index contributed by atoms with van der Waals surface area (Å²) in [5.41, 5.74) is 0. The van der Waals surface area contributed by atoms with E-state index < -0.39 is 0 Å². The zero-order chi connectivity index (χ0) is 12.5. The summed E-state index contributed by atoms with van der Waals surface area (Å²) in [4.78, 5) is 0. The van der Waals surface area contributed by atoms with E-state index in [0.29, 0.717) is 6.10 Å². The molecule has 1 aliphatic rings. The Morgan fingerprint density at radius 1 is 1.06 bits per heavy atom. The molecule has 0 spiro atoms. The average Bonchev–Trinajstić information content (AvgIpc) is 2.32. The minimum atomic E-state index is 0.502. The molecular weight excluding hydrogens is 214 g/mol. The molecule has 0 aromatic heterocycles. The molecule has 1 saturated carbocycles. The van der Waals surface area contributed by atoms with E-state index in [-0.39, 0.29) is 0 Å². The van der Waals surface area contributed by atoms with Gasteiger partial charge in [0.25, 0.3) is 0 Å². The largest absolute Gasteiger partial charge is 0.385 e. The molecule has 0 aliphatic heterocycles.